The number of carbonyl (C=O) groups is 1. The number of rotatable bonds is 2. The van der Waals surface area contributed by atoms with Crippen LogP contribution in [0, 0.1) is 0 Å². The van der Waals surface area contributed by atoms with Gasteiger partial charge in [0.15, 0.2) is 11.3 Å². The van der Waals surface area contributed by atoms with E-state index in [2.05, 4.69) is 15.3 Å². The summed E-state index contributed by atoms with van der Waals surface area (Å²) in [6.45, 7) is 6.94. The molecule has 168 valence electrons. The Bertz CT molecular complexity index is 855. The summed E-state index contributed by atoms with van der Waals surface area (Å²) in [5.74, 6) is 0. The lowest BCUT2D eigenvalue weighted by Crippen LogP contribution is -2.37. The highest BCUT2D eigenvalue weighted by Gasteiger charge is 2.43. The van der Waals surface area contributed by atoms with E-state index >= 15 is 0 Å². The lowest BCUT2D eigenvalue weighted by Gasteiger charge is -2.25. The predicted octanol–water partition coefficient (Wildman–Crippen LogP) is 4.13. The molecule has 1 N–H and O–H groups in total. The van der Waals surface area contributed by atoms with Crippen molar-refractivity contribution in [2.45, 2.75) is 50.6 Å². The predicted molar refractivity (Wildman–Crippen MR) is 114 cm³/mol. The third-order valence-corrected chi connectivity index (χ3v) is 5.33. The zero-order valence-electron chi connectivity index (χ0n) is 18.3. The highest BCUT2D eigenvalue weighted by atomic mass is 19.1. The van der Waals surface area contributed by atoms with Gasteiger partial charge in [-0.25, -0.2) is 13.6 Å². The number of hydrogen-bond acceptors (Lipinski definition) is 5. The number of alkyl halides is 2. The van der Waals surface area contributed by atoms with Crippen molar-refractivity contribution in [2.24, 2.45) is 0 Å². The molecule has 4 heterocycles. The number of ether oxygens (including phenoxy) is 1. The summed E-state index contributed by atoms with van der Waals surface area (Å²) in [5, 5.41) is 3.01. The van der Waals surface area contributed by atoms with Crippen molar-refractivity contribution >= 4 is 6.09 Å². The van der Waals surface area contributed by atoms with E-state index in [1.807, 2.05) is 0 Å². The Hall–Kier alpha value is -2.61. The monoisotopic (exact) mass is 432 g/mol. The molecule has 2 aliphatic heterocycles. The molecule has 31 heavy (non-hydrogen) atoms. The molecule has 0 aromatic carbocycles. The van der Waals surface area contributed by atoms with Crippen LogP contribution in [0.2, 0.25) is 0 Å². The molecule has 4 rings (SSSR count). The first-order valence-electron chi connectivity index (χ1n) is 10.5. The minimum Gasteiger partial charge on any atom is -0.444 e. The number of likely N-dealkylation sites (tertiary alicyclic amines) is 1. The van der Waals surface area contributed by atoms with Gasteiger partial charge in [0.25, 0.3) is 0 Å². The van der Waals surface area contributed by atoms with Crippen LogP contribution in [0.15, 0.2) is 49.1 Å². The van der Waals surface area contributed by atoms with Crippen molar-refractivity contribution in [2.75, 3.05) is 26.2 Å². The summed E-state index contributed by atoms with van der Waals surface area (Å²) in [4.78, 5) is 21.2. The molecule has 6 nitrogen and oxygen atoms in total. The summed E-state index contributed by atoms with van der Waals surface area (Å²) < 4.78 is 34.0. The SMILES string of the molecule is CC(C)(C)OC(=O)N1CCC(F)(c2cccnc2)C1.FC1(c2cccnc2)CCNC1. The Morgan fingerprint density at radius 1 is 1.06 bits per heavy atom. The van der Waals surface area contributed by atoms with Gasteiger partial charge in [-0.15, -0.1) is 0 Å². The molecule has 0 saturated carbocycles. The number of amides is 1. The van der Waals surface area contributed by atoms with E-state index in [9.17, 15) is 13.6 Å². The molecule has 2 aromatic heterocycles. The Morgan fingerprint density at radius 3 is 2.16 bits per heavy atom. The Balaban J connectivity index is 0.000000194. The molecule has 1 amide bonds. The van der Waals surface area contributed by atoms with Crippen molar-refractivity contribution in [1.82, 2.24) is 20.2 Å². The maximum atomic E-state index is 14.8. The Morgan fingerprint density at radius 2 is 1.68 bits per heavy atom. The Kier molecular flexibility index (Phi) is 6.89. The van der Waals surface area contributed by atoms with E-state index in [0.717, 1.165) is 6.54 Å². The van der Waals surface area contributed by atoms with Crippen molar-refractivity contribution in [1.29, 1.82) is 0 Å². The highest BCUT2D eigenvalue weighted by Crippen LogP contribution is 2.36. The number of hydrogen-bond donors (Lipinski definition) is 1. The number of halogens is 2. The topological polar surface area (TPSA) is 67.3 Å². The van der Waals surface area contributed by atoms with E-state index in [4.69, 9.17) is 4.74 Å². The quantitative estimate of drug-likeness (QED) is 0.773. The van der Waals surface area contributed by atoms with Crippen LogP contribution in [0.3, 0.4) is 0 Å². The van der Waals surface area contributed by atoms with Gasteiger partial charge < -0.3 is 15.0 Å². The molecule has 0 spiro atoms. The van der Waals surface area contributed by atoms with Crippen LogP contribution in [-0.2, 0) is 16.1 Å². The van der Waals surface area contributed by atoms with Crippen molar-refractivity contribution in [3.63, 3.8) is 0 Å². The number of nitrogens with zero attached hydrogens (tertiary/aromatic N) is 3. The first-order valence-corrected chi connectivity index (χ1v) is 10.5. The zero-order chi connectivity index (χ0) is 22.5. The Labute approximate surface area is 182 Å². The molecule has 8 heteroatoms. The smallest absolute Gasteiger partial charge is 0.410 e. The zero-order valence-corrected chi connectivity index (χ0v) is 18.3. The van der Waals surface area contributed by atoms with Crippen LogP contribution in [0.25, 0.3) is 0 Å². The van der Waals surface area contributed by atoms with Crippen molar-refractivity contribution < 1.29 is 18.3 Å². The summed E-state index contributed by atoms with van der Waals surface area (Å²) in [7, 11) is 0. The third kappa shape index (κ3) is 5.97. The molecule has 2 aliphatic rings. The average Bonchev–Trinajstić information content (AvgIpc) is 3.37. The van der Waals surface area contributed by atoms with Gasteiger partial charge >= 0.3 is 6.09 Å². The molecule has 2 saturated heterocycles. The number of pyridine rings is 2. The van der Waals surface area contributed by atoms with Gasteiger partial charge in [-0.1, -0.05) is 12.1 Å². The minimum absolute atomic E-state index is 0.0214. The van der Waals surface area contributed by atoms with Crippen LogP contribution in [0.4, 0.5) is 13.6 Å². The second kappa shape index (κ2) is 9.26. The minimum atomic E-state index is -1.52. The average molecular weight is 433 g/mol. The molecule has 2 fully saturated rings. The van der Waals surface area contributed by atoms with Gasteiger partial charge in [-0.3, -0.25) is 9.97 Å². The molecule has 0 radical (unpaired) electrons. The summed E-state index contributed by atoms with van der Waals surface area (Å²) in [6.07, 6.45) is 6.75. The van der Waals surface area contributed by atoms with Gasteiger partial charge in [-0.05, 0) is 45.9 Å². The summed E-state index contributed by atoms with van der Waals surface area (Å²) in [6, 6.07) is 6.97. The maximum Gasteiger partial charge on any atom is 0.410 e. The van der Waals surface area contributed by atoms with Gasteiger partial charge in [0.2, 0.25) is 0 Å². The first-order chi connectivity index (χ1) is 14.6. The van der Waals surface area contributed by atoms with Crippen LogP contribution >= 0.6 is 0 Å². The molecule has 2 aromatic rings. The second-order valence-corrected chi connectivity index (χ2v) is 8.99. The van der Waals surface area contributed by atoms with Crippen LogP contribution < -0.4 is 5.32 Å². The van der Waals surface area contributed by atoms with Gasteiger partial charge in [0, 0.05) is 55.4 Å². The van der Waals surface area contributed by atoms with Gasteiger partial charge in [0.1, 0.15) is 5.60 Å². The highest BCUT2D eigenvalue weighted by molar-refractivity contribution is 5.68. The number of carbonyl (C=O) groups excluding carboxylic acids is 1. The fraction of sp³-hybridized carbons (Fsp3) is 0.522. The molecule has 0 bridgehead atoms. The molecular weight excluding hydrogens is 402 g/mol. The van der Waals surface area contributed by atoms with Crippen LogP contribution in [-0.4, -0.2) is 52.7 Å². The summed E-state index contributed by atoms with van der Waals surface area (Å²) >= 11 is 0. The number of nitrogens with one attached hydrogen (secondary N) is 1. The van der Waals surface area contributed by atoms with E-state index in [-0.39, 0.29) is 13.0 Å². The van der Waals surface area contributed by atoms with Crippen LogP contribution in [0.5, 0.6) is 0 Å². The lowest BCUT2D eigenvalue weighted by molar-refractivity contribution is 0.0257. The van der Waals surface area contributed by atoms with Gasteiger partial charge in [0.05, 0.1) is 6.54 Å². The van der Waals surface area contributed by atoms with Crippen molar-refractivity contribution in [3.05, 3.63) is 60.2 Å². The standard InChI is InChI=1S/C14H19FN2O2.C9H11FN2/c1-13(2,3)19-12(18)17-8-6-14(15,10-17)11-5-4-7-16-9-11;10-9(3-5-12-7-9)8-2-1-4-11-6-8/h4-5,7,9H,6,8,10H2,1-3H3;1-2,4,6,12H,3,5,7H2. The lowest BCUT2D eigenvalue weighted by atomic mass is 9.97. The summed E-state index contributed by atoms with van der Waals surface area (Å²) in [5.41, 5.74) is -2.07. The third-order valence-electron chi connectivity index (χ3n) is 5.33. The molecule has 2 atom stereocenters. The molecule has 0 aliphatic carbocycles. The largest absolute Gasteiger partial charge is 0.444 e. The molecular formula is C23H30F2N4O2. The van der Waals surface area contributed by atoms with E-state index in [0.29, 0.717) is 30.6 Å². The van der Waals surface area contributed by atoms with E-state index in [1.165, 1.54) is 11.1 Å². The fourth-order valence-corrected chi connectivity index (χ4v) is 3.65. The van der Waals surface area contributed by atoms with Gasteiger partial charge in [-0.2, -0.15) is 0 Å². The molecule has 2 unspecified atom stereocenters. The van der Waals surface area contributed by atoms with E-state index in [1.54, 1.807) is 63.6 Å². The fourth-order valence-electron chi connectivity index (χ4n) is 3.65. The van der Waals surface area contributed by atoms with Crippen molar-refractivity contribution in [3.8, 4) is 0 Å². The normalized spacial score (nSPS) is 25.6. The first kappa shape index (κ1) is 23.1. The number of aromatic nitrogens is 2. The van der Waals surface area contributed by atoms with Crippen LogP contribution in [0.1, 0.15) is 44.7 Å². The second-order valence-electron chi connectivity index (χ2n) is 8.99. The maximum absolute atomic E-state index is 14.8. The van der Waals surface area contributed by atoms with E-state index < -0.39 is 23.0 Å².